The van der Waals surface area contributed by atoms with E-state index in [0.29, 0.717) is 18.1 Å². The summed E-state index contributed by atoms with van der Waals surface area (Å²) in [4.78, 5) is 7.07. The summed E-state index contributed by atoms with van der Waals surface area (Å²) in [6, 6.07) is 10.2. The molecular formula is C20H27N3O2. The number of rotatable bonds is 6. The Bertz CT molecular complexity index is 697. The number of likely N-dealkylation sites (tertiary alicyclic amines) is 1. The van der Waals surface area contributed by atoms with Crippen LogP contribution in [0.3, 0.4) is 0 Å². The van der Waals surface area contributed by atoms with Crippen molar-refractivity contribution in [2.75, 3.05) is 26.7 Å². The van der Waals surface area contributed by atoms with Crippen LogP contribution in [0.15, 0.2) is 46.5 Å². The zero-order valence-electron chi connectivity index (χ0n) is 15.4. The van der Waals surface area contributed by atoms with E-state index < -0.39 is 5.60 Å². The van der Waals surface area contributed by atoms with Crippen LogP contribution in [0.4, 0.5) is 0 Å². The second-order valence-corrected chi connectivity index (χ2v) is 6.96. The van der Waals surface area contributed by atoms with Gasteiger partial charge in [-0.15, -0.1) is 0 Å². The topological polar surface area (TPSA) is 51.4 Å². The fraction of sp³-hybridized carbons (Fsp3) is 0.500. The van der Waals surface area contributed by atoms with E-state index >= 15 is 0 Å². The third-order valence-electron chi connectivity index (χ3n) is 4.88. The molecule has 0 bridgehead atoms. The molecule has 0 N–H and O–H groups in total. The predicted molar refractivity (Wildman–Crippen MR) is 97.3 cm³/mol. The molecule has 2 heterocycles. The minimum Gasteiger partial charge on any atom is -0.368 e. The first-order valence-electron chi connectivity index (χ1n) is 8.89. The molecule has 5 heteroatoms. The van der Waals surface area contributed by atoms with E-state index in [1.807, 2.05) is 18.2 Å². The Balaban J connectivity index is 1.66. The van der Waals surface area contributed by atoms with Crippen molar-refractivity contribution >= 4 is 0 Å². The normalized spacial score (nSPS) is 17.4. The summed E-state index contributed by atoms with van der Waals surface area (Å²) in [5.41, 5.74) is 2.08. The van der Waals surface area contributed by atoms with Crippen LogP contribution in [0.1, 0.15) is 44.0 Å². The van der Waals surface area contributed by atoms with E-state index in [1.165, 1.54) is 11.1 Å². The highest BCUT2D eigenvalue weighted by Gasteiger charge is 2.41. The highest BCUT2D eigenvalue weighted by Crippen LogP contribution is 2.35. The highest BCUT2D eigenvalue weighted by atomic mass is 16.5. The summed E-state index contributed by atoms with van der Waals surface area (Å²) >= 11 is 0. The first-order chi connectivity index (χ1) is 12.1. The van der Waals surface area contributed by atoms with Gasteiger partial charge in [0, 0.05) is 33.2 Å². The molecule has 25 heavy (non-hydrogen) atoms. The van der Waals surface area contributed by atoms with Gasteiger partial charge in [0.15, 0.2) is 5.82 Å². The summed E-state index contributed by atoms with van der Waals surface area (Å²) in [6.45, 7) is 7.19. The molecule has 0 atom stereocenters. The van der Waals surface area contributed by atoms with Gasteiger partial charge >= 0.3 is 0 Å². The minimum atomic E-state index is -0.455. The fourth-order valence-corrected chi connectivity index (χ4v) is 3.20. The number of methoxy groups -OCH3 is 1. The van der Waals surface area contributed by atoms with Crippen LogP contribution in [-0.2, 0) is 16.8 Å². The second-order valence-electron chi connectivity index (χ2n) is 6.96. The van der Waals surface area contributed by atoms with Gasteiger partial charge in [0.1, 0.15) is 5.60 Å². The second kappa shape index (κ2) is 7.93. The van der Waals surface area contributed by atoms with Crippen molar-refractivity contribution in [3.63, 3.8) is 0 Å². The van der Waals surface area contributed by atoms with Gasteiger partial charge in [0.05, 0.1) is 0 Å². The molecule has 2 aromatic rings. The number of hydrogen-bond acceptors (Lipinski definition) is 5. The van der Waals surface area contributed by atoms with E-state index in [4.69, 9.17) is 9.26 Å². The molecular weight excluding hydrogens is 314 g/mol. The molecule has 1 aromatic heterocycles. The number of nitrogens with zero attached hydrogens (tertiary/aromatic N) is 3. The molecule has 0 amide bonds. The van der Waals surface area contributed by atoms with Crippen LogP contribution in [0.2, 0.25) is 0 Å². The molecule has 0 aliphatic carbocycles. The molecule has 1 aliphatic rings. The number of allylic oxidation sites excluding steroid dienone is 1. The van der Waals surface area contributed by atoms with Crippen molar-refractivity contribution in [2.45, 2.75) is 38.7 Å². The lowest BCUT2D eigenvalue weighted by molar-refractivity contribution is -0.0812. The summed E-state index contributed by atoms with van der Waals surface area (Å²) in [5.74, 6) is 1.33. The molecule has 1 saturated heterocycles. The Hall–Kier alpha value is -1.98. The lowest BCUT2D eigenvalue weighted by Gasteiger charge is -2.37. The van der Waals surface area contributed by atoms with Crippen molar-refractivity contribution in [2.24, 2.45) is 0 Å². The minimum absolute atomic E-state index is 0.455. The van der Waals surface area contributed by atoms with E-state index in [0.717, 1.165) is 32.5 Å². The summed E-state index contributed by atoms with van der Waals surface area (Å²) in [7, 11) is 1.74. The first-order valence-corrected chi connectivity index (χ1v) is 8.89. The highest BCUT2D eigenvalue weighted by molar-refractivity contribution is 5.18. The van der Waals surface area contributed by atoms with E-state index in [1.54, 1.807) is 7.11 Å². The molecule has 1 fully saturated rings. The Kier molecular flexibility index (Phi) is 5.66. The van der Waals surface area contributed by atoms with Gasteiger partial charge in [-0.05, 0) is 32.3 Å². The smallest absolute Gasteiger partial charge is 0.258 e. The SMILES string of the molecule is COC1(c2nc(Cc3ccccc3)no2)CCN(CC=C(C)C)CC1. The Morgan fingerprint density at radius 1 is 1.24 bits per heavy atom. The third-order valence-corrected chi connectivity index (χ3v) is 4.88. The molecule has 1 aliphatic heterocycles. The van der Waals surface area contributed by atoms with Crippen molar-refractivity contribution in [3.05, 3.63) is 59.3 Å². The number of ether oxygens (including phenoxy) is 1. The molecule has 0 saturated carbocycles. The van der Waals surface area contributed by atoms with Gasteiger partial charge in [0.25, 0.3) is 5.89 Å². The van der Waals surface area contributed by atoms with Crippen LogP contribution < -0.4 is 0 Å². The maximum Gasteiger partial charge on any atom is 0.258 e. The average molecular weight is 341 g/mol. The summed E-state index contributed by atoms with van der Waals surface area (Å²) < 4.78 is 11.5. The molecule has 0 radical (unpaired) electrons. The van der Waals surface area contributed by atoms with Gasteiger partial charge in [-0.1, -0.05) is 47.1 Å². The summed E-state index contributed by atoms with van der Waals surface area (Å²) in [5, 5.41) is 4.17. The van der Waals surface area contributed by atoms with E-state index in [9.17, 15) is 0 Å². The Morgan fingerprint density at radius 2 is 1.96 bits per heavy atom. The number of aromatic nitrogens is 2. The Morgan fingerprint density at radius 3 is 2.60 bits per heavy atom. The summed E-state index contributed by atoms with van der Waals surface area (Å²) in [6.07, 6.45) is 4.68. The van der Waals surface area contributed by atoms with Gasteiger partial charge in [-0.3, -0.25) is 4.90 Å². The van der Waals surface area contributed by atoms with Crippen LogP contribution in [0, 0.1) is 0 Å². The first kappa shape index (κ1) is 17.8. The molecule has 3 rings (SSSR count). The maximum absolute atomic E-state index is 5.86. The molecule has 134 valence electrons. The zero-order chi connectivity index (χ0) is 17.7. The predicted octanol–water partition coefficient (Wildman–Crippen LogP) is 3.56. The zero-order valence-corrected chi connectivity index (χ0v) is 15.4. The monoisotopic (exact) mass is 341 g/mol. The maximum atomic E-state index is 5.86. The van der Waals surface area contributed by atoms with Crippen LogP contribution in [0.5, 0.6) is 0 Å². The number of piperidine rings is 1. The van der Waals surface area contributed by atoms with Crippen LogP contribution in [0.25, 0.3) is 0 Å². The van der Waals surface area contributed by atoms with Crippen molar-refractivity contribution in [1.29, 1.82) is 0 Å². The van der Waals surface area contributed by atoms with Gasteiger partial charge < -0.3 is 9.26 Å². The lowest BCUT2D eigenvalue weighted by atomic mass is 9.91. The lowest BCUT2D eigenvalue weighted by Crippen LogP contribution is -2.44. The number of benzene rings is 1. The average Bonchev–Trinajstić information content (AvgIpc) is 3.10. The van der Waals surface area contributed by atoms with Crippen molar-refractivity contribution in [3.8, 4) is 0 Å². The quantitative estimate of drug-likeness (QED) is 0.752. The fourth-order valence-electron chi connectivity index (χ4n) is 3.20. The van der Waals surface area contributed by atoms with Gasteiger partial charge in [-0.2, -0.15) is 4.98 Å². The molecule has 0 unspecified atom stereocenters. The molecule has 0 spiro atoms. The van der Waals surface area contributed by atoms with Gasteiger partial charge in [-0.25, -0.2) is 0 Å². The molecule has 5 nitrogen and oxygen atoms in total. The Labute approximate surface area is 149 Å². The third kappa shape index (κ3) is 4.35. The number of hydrogen-bond donors (Lipinski definition) is 0. The standard InChI is InChI=1S/C20H27N3O2/c1-16(2)9-12-23-13-10-20(24-3,11-14-23)19-21-18(22-25-19)15-17-7-5-4-6-8-17/h4-9H,10-15H2,1-3H3. The van der Waals surface area contributed by atoms with E-state index in [-0.39, 0.29) is 0 Å². The van der Waals surface area contributed by atoms with Crippen molar-refractivity contribution in [1.82, 2.24) is 15.0 Å². The van der Waals surface area contributed by atoms with Crippen LogP contribution in [-0.4, -0.2) is 41.8 Å². The molecule has 1 aromatic carbocycles. The largest absolute Gasteiger partial charge is 0.368 e. The van der Waals surface area contributed by atoms with E-state index in [2.05, 4.69) is 47.1 Å². The van der Waals surface area contributed by atoms with Gasteiger partial charge in [0.2, 0.25) is 0 Å². The van der Waals surface area contributed by atoms with Crippen LogP contribution >= 0.6 is 0 Å². The van der Waals surface area contributed by atoms with Crippen molar-refractivity contribution < 1.29 is 9.26 Å².